The van der Waals surface area contributed by atoms with Gasteiger partial charge in [-0.3, -0.25) is 4.79 Å². The molecule has 0 unspecified atom stereocenters. The van der Waals surface area contributed by atoms with E-state index in [0.717, 1.165) is 10.9 Å². The maximum atomic E-state index is 12.3. The Morgan fingerprint density at radius 3 is 2.70 bits per heavy atom. The Hall–Kier alpha value is -2.95. The number of carbonyl (C=O) groups excluding carboxylic acids is 1. The van der Waals surface area contributed by atoms with Crippen molar-refractivity contribution >= 4 is 22.5 Å². The van der Waals surface area contributed by atoms with Gasteiger partial charge >= 0.3 is 0 Å². The minimum Gasteiger partial charge on any atom is -0.497 e. The number of rotatable bonds is 5. The third-order valence-corrected chi connectivity index (χ3v) is 3.68. The van der Waals surface area contributed by atoms with Crippen LogP contribution in [0, 0.1) is 0 Å². The van der Waals surface area contributed by atoms with Crippen LogP contribution in [0.2, 0.25) is 0 Å². The number of ether oxygens (including phenoxy) is 2. The average molecular weight is 310 g/mol. The van der Waals surface area contributed by atoms with E-state index in [0.29, 0.717) is 17.2 Å². The molecule has 0 saturated carbocycles. The van der Waals surface area contributed by atoms with Gasteiger partial charge in [0.2, 0.25) is 5.91 Å². The number of benzene rings is 2. The van der Waals surface area contributed by atoms with E-state index in [9.17, 15) is 4.79 Å². The van der Waals surface area contributed by atoms with Crippen molar-refractivity contribution in [3.05, 3.63) is 54.7 Å². The molecule has 0 fully saturated rings. The second kappa shape index (κ2) is 6.44. The van der Waals surface area contributed by atoms with Crippen LogP contribution in [0.1, 0.15) is 0 Å². The molecule has 0 spiro atoms. The lowest BCUT2D eigenvalue weighted by molar-refractivity contribution is -0.116. The van der Waals surface area contributed by atoms with Crippen LogP contribution < -0.4 is 14.8 Å². The number of methoxy groups -OCH3 is 2. The van der Waals surface area contributed by atoms with E-state index in [-0.39, 0.29) is 12.5 Å². The smallest absolute Gasteiger partial charge is 0.244 e. The summed E-state index contributed by atoms with van der Waals surface area (Å²) in [6, 6.07) is 15.2. The normalized spacial score (nSPS) is 10.5. The lowest BCUT2D eigenvalue weighted by Gasteiger charge is -2.12. The fraction of sp³-hybridized carbons (Fsp3) is 0.167. The highest BCUT2D eigenvalue weighted by Gasteiger charge is 2.10. The molecule has 0 aliphatic carbocycles. The van der Waals surface area contributed by atoms with E-state index in [2.05, 4.69) is 5.32 Å². The zero-order valence-electron chi connectivity index (χ0n) is 13.1. The van der Waals surface area contributed by atoms with Crippen molar-refractivity contribution < 1.29 is 14.3 Å². The summed E-state index contributed by atoms with van der Waals surface area (Å²) in [6.45, 7) is 0.239. The molecule has 2 aromatic carbocycles. The van der Waals surface area contributed by atoms with Gasteiger partial charge in [-0.1, -0.05) is 18.2 Å². The van der Waals surface area contributed by atoms with Crippen LogP contribution in [-0.4, -0.2) is 24.7 Å². The molecule has 23 heavy (non-hydrogen) atoms. The molecule has 0 aliphatic heterocycles. The summed E-state index contributed by atoms with van der Waals surface area (Å²) in [6.07, 6.45) is 1.91. The van der Waals surface area contributed by atoms with E-state index in [1.54, 1.807) is 32.4 Å². The average Bonchev–Trinajstić information content (AvgIpc) is 2.98. The highest BCUT2D eigenvalue weighted by molar-refractivity contribution is 5.93. The van der Waals surface area contributed by atoms with Crippen LogP contribution in [0.15, 0.2) is 54.7 Å². The topological polar surface area (TPSA) is 52.5 Å². The Morgan fingerprint density at radius 1 is 1.09 bits per heavy atom. The summed E-state index contributed by atoms with van der Waals surface area (Å²) in [5, 5.41) is 3.99. The second-order valence-electron chi connectivity index (χ2n) is 5.12. The van der Waals surface area contributed by atoms with E-state index in [1.165, 1.54) is 0 Å². The third-order valence-electron chi connectivity index (χ3n) is 3.68. The van der Waals surface area contributed by atoms with Crippen molar-refractivity contribution in [2.75, 3.05) is 19.5 Å². The lowest BCUT2D eigenvalue weighted by Crippen LogP contribution is -2.18. The first-order valence-corrected chi connectivity index (χ1v) is 7.27. The summed E-state index contributed by atoms with van der Waals surface area (Å²) >= 11 is 0. The first-order valence-electron chi connectivity index (χ1n) is 7.27. The van der Waals surface area contributed by atoms with E-state index in [1.807, 2.05) is 41.1 Å². The molecular weight excluding hydrogens is 292 g/mol. The monoisotopic (exact) mass is 310 g/mol. The zero-order valence-corrected chi connectivity index (χ0v) is 13.1. The van der Waals surface area contributed by atoms with E-state index in [4.69, 9.17) is 9.47 Å². The fourth-order valence-corrected chi connectivity index (χ4v) is 2.52. The zero-order chi connectivity index (χ0) is 16.2. The Labute approximate surface area is 134 Å². The Balaban J connectivity index is 1.77. The number of amides is 1. The number of anilines is 1. The number of aromatic nitrogens is 1. The highest BCUT2D eigenvalue weighted by Crippen LogP contribution is 2.29. The van der Waals surface area contributed by atoms with Crippen molar-refractivity contribution in [2.45, 2.75) is 6.54 Å². The SMILES string of the molecule is COc1ccc(NC(=O)Cn2ccc3ccccc32)c(OC)c1. The Kier molecular flexibility index (Phi) is 4.19. The van der Waals surface area contributed by atoms with Crippen LogP contribution in [0.4, 0.5) is 5.69 Å². The predicted octanol–water partition coefficient (Wildman–Crippen LogP) is 3.30. The van der Waals surface area contributed by atoms with Crippen LogP contribution >= 0.6 is 0 Å². The highest BCUT2D eigenvalue weighted by atomic mass is 16.5. The number of hydrogen-bond acceptors (Lipinski definition) is 3. The fourth-order valence-electron chi connectivity index (χ4n) is 2.52. The predicted molar refractivity (Wildman–Crippen MR) is 90.1 cm³/mol. The Bertz CT molecular complexity index is 839. The van der Waals surface area contributed by atoms with Gasteiger partial charge in [0.15, 0.2) is 0 Å². The molecule has 0 atom stereocenters. The van der Waals surface area contributed by atoms with Crippen molar-refractivity contribution in [2.24, 2.45) is 0 Å². The van der Waals surface area contributed by atoms with Gasteiger partial charge in [-0.2, -0.15) is 0 Å². The van der Waals surface area contributed by atoms with Crippen molar-refractivity contribution in [1.82, 2.24) is 4.57 Å². The molecule has 1 amide bonds. The van der Waals surface area contributed by atoms with Gasteiger partial charge in [-0.05, 0) is 29.7 Å². The summed E-state index contributed by atoms with van der Waals surface area (Å²) in [7, 11) is 3.15. The van der Waals surface area contributed by atoms with Crippen LogP contribution in [0.5, 0.6) is 11.5 Å². The second-order valence-corrected chi connectivity index (χ2v) is 5.12. The molecule has 3 rings (SSSR count). The minimum absolute atomic E-state index is 0.116. The maximum Gasteiger partial charge on any atom is 0.244 e. The molecule has 1 N–H and O–H groups in total. The maximum absolute atomic E-state index is 12.3. The van der Waals surface area contributed by atoms with Crippen LogP contribution in [-0.2, 0) is 11.3 Å². The number of carbonyl (C=O) groups is 1. The largest absolute Gasteiger partial charge is 0.497 e. The molecule has 0 bridgehead atoms. The van der Waals surface area contributed by atoms with Crippen molar-refractivity contribution in [1.29, 1.82) is 0 Å². The number of fused-ring (bicyclic) bond motifs is 1. The van der Waals surface area contributed by atoms with Crippen LogP contribution in [0.25, 0.3) is 10.9 Å². The number of nitrogens with zero attached hydrogens (tertiary/aromatic N) is 1. The molecule has 5 nitrogen and oxygen atoms in total. The van der Waals surface area contributed by atoms with Crippen molar-refractivity contribution in [3.63, 3.8) is 0 Å². The summed E-state index contributed by atoms with van der Waals surface area (Å²) in [4.78, 5) is 12.3. The quantitative estimate of drug-likeness (QED) is 0.786. The molecule has 118 valence electrons. The first kappa shape index (κ1) is 15.0. The standard InChI is InChI=1S/C18H18N2O3/c1-22-14-7-8-15(17(11-14)23-2)19-18(21)12-20-10-9-13-5-3-4-6-16(13)20/h3-11H,12H2,1-2H3,(H,19,21). The van der Waals surface area contributed by atoms with Gasteiger partial charge in [0.25, 0.3) is 0 Å². The van der Waals surface area contributed by atoms with Gasteiger partial charge in [-0.15, -0.1) is 0 Å². The molecule has 0 aliphatic rings. The molecular formula is C18H18N2O3. The molecule has 0 radical (unpaired) electrons. The Morgan fingerprint density at radius 2 is 1.91 bits per heavy atom. The molecule has 3 aromatic rings. The summed E-state index contributed by atoms with van der Waals surface area (Å²) < 4.78 is 12.4. The first-order chi connectivity index (χ1) is 11.2. The summed E-state index contributed by atoms with van der Waals surface area (Å²) in [5.74, 6) is 1.13. The lowest BCUT2D eigenvalue weighted by atomic mass is 10.2. The third kappa shape index (κ3) is 3.13. The number of hydrogen-bond donors (Lipinski definition) is 1. The van der Waals surface area contributed by atoms with Gasteiger partial charge in [0, 0.05) is 17.8 Å². The molecule has 0 saturated heterocycles. The van der Waals surface area contributed by atoms with Gasteiger partial charge < -0.3 is 19.4 Å². The van der Waals surface area contributed by atoms with Gasteiger partial charge in [0.1, 0.15) is 18.0 Å². The summed E-state index contributed by atoms with van der Waals surface area (Å²) in [5.41, 5.74) is 1.65. The van der Waals surface area contributed by atoms with Gasteiger partial charge in [0.05, 0.1) is 19.9 Å². The number of para-hydroxylation sites is 1. The van der Waals surface area contributed by atoms with Gasteiger partial charge in [-0.25, -0.2) is 0 Å². The minimum atomic E-state index is -0.116. The molecule has 1 aromatic heterocycles. The van der Waals surface area contributed by atoms with E-state index >= 15 is 0 Å². The molecule has 5 heteroatoms. The molecule has 1 heterocycles. The number of nitrogens with one attached hydrogen (secondary N) is 1. The van der Waals surface area contributed by atoms with Crippen molar-refractivity contribution in [3.8, 4) is 11.5 Å². The van der Waals surface area contributed by atoms with E-state index < -0.39 is 0 Å². The van der Waals surface area contributed by atoms with Crippen LogP contribution in [0.3, 0.4) is 0 Å².